The van der Waals surface area contributed by atoms with Crippen molar-refractivity contribution in [2.45, 2.75) is 65.6 Å². The lowest BCUT2D eigenvalue weighted by Gasteiger charge is -2.18. The molecule has 11 heteroatoms. The molecule has 2 amide bonds. The minimum Gasteiger partial charge on any atom is -0.494 e. The number of carbonyl (C=O) groups excluding carboxylic acids is 2. The normalized spacial score (nSPS) is 11.1. The van der Waals surface area contributed by atoms with Gasteiger partial charge in [-0.15, -0.1) is 0 Å². The van der Waals surface area contributed by atoms with Crippen molar-refractivity contribution in [2.24, 2.45) is 5.73 Å². The Labute approximate surface area is 313 Å². The molecule has 4 aromatic rings. The highest BCUT2D eigenvalue weighted by Crippen LogP contribution is 2.23. The van der Waals surface area contributed by atoms with E-state index in [4.69, 9.17) is 19.9 Å². The summed E-state index contributed by atoms with van der Waals surface area (Å²) in [6.45, 7) is 11.4. The predicted octanol–water partition coefficient (Wildman–Crippen LogP) is 7.30. The summed E-state index contributed by atoms with van der Waals surface area (Å²) >= 11 is 0. The summed E-state index contributed by atoms with van der Waals surface area (Å²) in [7, 11) is 0. The van der Waals surface area contributed by atoms with Gasteiger partial charge in [0.2, 0.25) is 0 Å². The average Bonchev–Trinajstić information content (AvgIpc) is 3.18. The van der Waals surface area contributed by atoms with Crippen LogP contribution in [0.5, 0.6) is 11.5 Å². The molecule has 0 saturated heterocycles. The Hall–Kier alpha value is -5.55. The zero-order valence-electron chi connectivity index (χ0n) is 31.1. The van der Waals surface area contributed by atoms with Gasteiger partial charge in [-0.25, -0.2) is 9.59 Å². The fourth-order valence-electron chi connectivity index (χ4n) is 5.17. The third kappa shape index (κ3) is 16.1. The highest BCUT2D eigenvalue weighted by Gasteiger charge is 2.21. The van der Waals surface area contributed by atoms with Crippen LogP contribution in [0.4, 0.5) is 10.5 Å². The average molecular weight is 727 g/mol. The fourth-order valence-corrected chi connectivity index (χ4v) is 5.17. The van der Waals surface area contributed by atoms with E-state index in [-0.39, 0.29) is 13.0 Å². The Morgan fingerprint density at radius 1 is 0.755 bits per heavy atom. The number of ether oxygens (including phenoxy) is 3. The molecule has 4 rings (SSSR count). The second-order valence-corrected chi connectivity index (χ2v) is 12.3. The van der Waals surface area contributed by atoms with E-state index < -0.39 is 24.0 Å². The van der Waals surface area contributed by atoms with E-state index in [9.17, 15) is 19.5 Å². The van der Waals surface area contributed by atoms with Crippen molar-refractivity contribution in [1.82, 2.24) is 10.2 Å². The number of nitrogens with two attached hydrogens (primary N) is 1. The van der Waals surface area contributed by atoms with Crippen LogP contribution in [0.3, 0.4) is 0 Å². The number of benzene rings is 4. The van der Waals surface area contributed by atoms with Crippen LogP contribution in [0.15, 0.2) is 103 Å². The molecule has 0 aliphatic rings. The van der Waals surface area contributed by atoms with E-state index in [0.29, 0.717) is 36.8 Å². The van der Waals surface area contributed by atoms with Gasteiger partial charge in [0.05, 0.1) is 18.8 Å². The first-order chi connectivity index (χ1) is 25.7. The Kier molecular flexibility index (Phi) is 18.8. The maximum absolute atomic E-state index is 11.8. The summed E-state index contributed by atoms with van der Waals surface area (Å²) in [5, 5.41) is 15.0. The molecule has 5 N–H and O–H groups in total. The lowest BCUT2D eigenvalue weighted by atomic mass is 10.1. The first-order valence-corrected chi connectivity index (χ1v) is 18.2. The van der Waals surface area contributed by atoms with Crippen molar-refractivity contribution < 1.29 is 33.7 Å². The van der Waals surface area contributed by atoms with Gasteiger partial charge in [0, 0.05) is 25.2 Å². The number of alkyl carbamates (subject to hydrolysis) is 1. The van der Waals surface area contributed by atoms with Crippen LogP contribution in [-0.4, -0.2) is 66.9 Å². The number of primary amides is 1. The van der Waals surface area contributed by atoms with E-state index in [0.717, 1.165) is 61.3 Å². The van der Waals surface area contributed by atoms with E-state index in [1.54, 1.807) is 30.3 Å². The number of carboxylic acid groups (broad SMARTS) is 1. The summed E-state index contributed by atoms with van der Waals surface area (Å²) < 4.78 is 16.5. The molecule has 11 nitrogen and oxygen atoms in total. The molecule has 0 bridgehead atoms. The molecule has 1 atom stereocenters. The smallest absolute Gasteiger partial charge is 0.407 e. The Morgan fingerprint density at radius 2 is 1.40 bits per heavy atom. The van der Waals surface area contributed by atoms with Crippen molar-refractivity contribution in [3.8, 4) is 11.5 Å². The molecule has 4 aromatic carbocycles. The van der Waals surface area contributed by atoms with Gasteiger partial charge in [-0.3, -0.25) is 4.79 Å². The van der Waals surface area contributed by atoms with Crippen molar-refractivity contribution in [1.29, 1.82) is 0 Å². The maximum atomic E-state index is 11.8. The van der Waals surface area contributed by atoms with Crippen LogP contribution >= 0.6 is 0 Å². The monoisotopic (exact) mass is 726 g/mol. The molecule has 0 aromatic heterocycles. The number of carboxylic acids is 1. The van der Waals surface area contributed by atoms with Crippen LogP contribution in [0.2, 0.25) is 0 Å². The summed E-state index contributed by atoms with van der Waals surface area (Å²) in [5.74, 6) is -0.203. The van der Waals surface area contributed by atoms with E-state index in [1.807, 2.05) is 79.7 Å². The molecular weight excluding hydrogens is 672 g/mol. The standard InChI is InChI=1S/C21H29N3O2.C21H25NO5/c1-3-24(4-2)13-8-14-26-18-11-12-20(19(15-18)21(22)25)23-16-17-9-6-5-7-10-17;1-2-3-13-26-21(25)22-19(20(23)24)14-16-9-11-18(12-10-16)27-15-17-7-5-4-6-8-17/h5-7,9-12,15,23H,3-4,8,13-14,16H2,1-2H3,(H2,22,25);4-12,19H,2-3,13-15H2,1H3,(H,22,25)(H,23,24). The highest BCUT2D eigenvalue weighted by atomic mass is 16.5. The number of nitrogens with zero attached hydrogens (tertiary/aromatic N) is 1. The van der Waals surface area contributed by atoms with Gasteiger partial charge < -0.3 is 40.6 Å². The van der Waals surface area contributed by atoms with E-state index in [1.165, 1.54) is 0 Å². The number of hydrogen-bond acceptors (Lipinski definition) is 8. The number of carbonyl (C=O) groups is 3. The van der Waals surface area contributed by atoms with E-state index >= 15 is 0 Å². The van der Waals surface area contributed by atoms with Crippen LogP contribution in [0.1, 0.15) is 67.1 Å². The highest BCUT2D eigenvalue weighted by molar-refractivity contribution is 5.99. The van der Waals surface area contributed by atoms with Gasteiger partial charge in [0.25, 0.3) is 5.91 Å². The van der Waals surface area contributed by atoms with Crippen LogP contribution < -0.4 is 25.8 Å². The van der Waals surface area contributed by atoms with Gasteiger partial charge in [0.15, 0.2) is 0 Å². The number of hydrogen-bond donors (Lipinski definition) is 4. The molecule has 0 spiro atoms. The predicted molar refractivity (Wildman–Crippen MR) is 208 cm³/mol. The number of rotatable bonds is 21. The SMILES string of the molecule is CCCCOC(=O)NC(Cc1ccc(OCc2ccccc2)cc1)C(=O)O.CCN(CC)CCCOc1ccc(NCc2ccccc2)c(C(N)=O)c1. The topological polar surface area (TPSA) is 152 Å². The molecule has 0 aliphatic heterocycles. The minimum absolute atomic E-state index is 0.164. The quantitative estimate of drug-likeness (QED) is 0.0649. The van der Waals surface area contributed by atoms with Crippen LogP contribution in [-0.2, 0) is 29.1 Å². The second-order valence-electron chi connectivity index (χ2n) is 12.3. The molecule has 0 aliphatic carbocycles. The third-order valence-corrected chi connectivity index (χ3v) is 8.30. The van der Waals surface area contributed by atoms with E-state index in [2.05, 4.69) is 29.4 Å². The summed E-state index contributed by atoms with van der Waals surface area (Å²) in [5.41, 5.74) is 9.69. The van der Waals surface area contributed by atoms with Crippen molar-refractivity contribution in [2.75, 3.05) is 38.2 Å². The summed E-state index contributed by atoms with van der Waals surface area (Å²) in [4.78, 5) is 37.2. The molecule has 0 saturated carbocycles. The zero-order chi connectivity index (χ0) is 38.3. The number of anilines is 1. The summed E-state index contributed by atoms with van der Waals surface area (Å²) in [6, 6.07) is 31.4. The number of unbranched alkanes of at least 4 members (excludes halogenated alkanes) is 1. The molecule has 0 fully saturated rings. The second kappa shape index (κ2) is 23.8. The lowest BCUT2D eigenvalue weighted by molar-refractivity contribution is -0.139. The molecule has 284 valence electrons. The zero-order valence-corrected chi connectivity index (χ0v) is 31.1. The molecule has 0 radical (unpaired) electrons. The lowest BCUT2D eigenvalue weighted by Crippen LogP contribution is -2.42. The largest absolute Gasteiger partial charge is 0.494 e. The molecule has 53 heavy (non-hydrogen) atoms. The molecule has 1 unspecified atom stereocenters. The van der Waals surface area contributed by atoms with Crippen molar-refractivity contribution in [3.63, 3.8) is 0 Å². The van der Waals surface area contributed by atoms with Gasteiger partial charge >= 0.3 is 12.1 Å². The summed E-state index contributed by atoms with van der Waals surface area (Å²) in [6.07, 6.45) is 2.04. The molecule has 0 heterocycles. The van der Waals surface area contributed by atoms with Gasteiger partial charge in [-0.2, -0.15) is 0 Å². The molecular formula is C42H54N4O7. The van der Waals surface area contributed by atoms with Crippen molar-refractivity contribution in [3.05, 3.63) is 125 Å². The Morgan fingerprint density at radius 3 is 2.00 bits per heavy atom. The van der Waals surface area contributed by atoms with Gasteiger partial charge in [-0.05, 0) is 73.0 Å². The minimum atomic E-state index is -1.10. The number of amides is 2. The number of aliphatic carboxylic acids is 1. The first kappa shape index (κ1) is 41.9. The maximum Gasteiger partial charge on any atom is 0.407 e. The Bertz CT molecular complexity index is 1650. The van der Waals surface area contributed by atoms with Gasteiger partial charge in [0.1, 0.15) is 24.1 Å². The Balaban J connectivity index is 0.000000286. The third-order valence-electron chi connectivity index (χ3n) is 8.30. The number of nitrogens with one attached hydrogen (secondary N) is 2. The van der Waals surface area contributed by atoms with Crippen molar-refractivity contribution >= 4 is 23.7 Å². The van der Waals surface area contributed by atoms with Gasteiger partial charge in [-0.1, -0.05) is 100.0 Å². The fraction of sp³-hybridized carbons (Fsp3) is 0.357. The van der Waals surface area contributed by atoms with Crippen LogP contribution in [0.25, 0.3) is 0 Å². The van der Waals surface area contributed by atoms with Crippen LogP contribution in [0, 0.1) is 0 Å². The first-order valence-electron chi connectivity index (χ1n) is 18.2.